The molecule has 0 aliphatic carbocycles. The van der Waals surface area contributed by atoms with Gasteiger partial charge in [-0.05, 0) is 18.2 Å². The first-order valence-electron chi connectivity index (χ1n) is 5.93. The first kappa shape index (κ1) is 13.7. The molecule has 0 radical (unpaired) electrons. The molecule has 6 heteroatoms. The number of hydrogen-bond acceptors (Lipinski definition) is 4. The molecule has 2 rings (SSSR count). The number of aromatic nitrogens is 1. The second-order valence-corrected chi connectivity index (χ2v) is 4.25. The Hall–Kier alpha value is -2.76. The van der Waals surface area contributed by atoms with Crippen LogP contribution < -0.4 is 21.3 Å². The van der Waals surface area contributed by atoms with Crippen LogP contribution in [0.4, 0.5) is 11.4 Å². The number of nitrogens with two attached hydrogens (primary N) is 1. The summed E-state index contributed by atoms with van der Waals surface area (Å²) in [6.45, 7) is 0. The summed E-state index contributed by atoms with van der Waals surface area (Å²) in [5, 5.41) is 2.69. The van der Waals surface area contributed by atoms with Gasteiger partial charge in [0.15, 0.2) is 5.75 Å². The summed E-state index contributed by atoms with van der Waals surface area (Å²) >= 11 is 0. The van der Waals surface area contributed by atoms with Crippen molar-refractivity contribution in [3.8, 4) is 5.75 Å². The molecule has 1 amide bonds. The molecule has 0 saturated heterocycles. The van der Waals surface area contributed by atoms with E-state index in [1.165, 1.54) is 17.7 Å². The van der Waals surface area contributed by atoms with Crippen molar-refractivity contribution in [1.82, 2.24) is 4.57 Å². The van der Waals surface area contributed by atoms with Crippen molar-refractivity contribution in [3.05, 3.63) is 52.4 Å². The molecule has 0 unspecified atom stereocenters. The number of carbonyl (C=O) groups excluding carboxylic acids is 1. The fourth-order valence-corrected chi connectivity index (χ4v) is 1.83. The second-order valence-electron chi connectivity index (χ2n) is 4.25. The van der Waals surface area contributed by atoms with Gasteiger partial charge in [-0.2, -0.15) is 0 Å². The molecule has 0 aliphatic heterocycles. The van der Waals surface area contributed by atoms with Crippen molar-refractivity contribution in [2.24, 2.45) is 7.05 Å². The Bertz CT molecular complexity index is 707. The lowest BCUT2D eigenvalue weighted by atomic mass is 10.1. The Morgan fingerprint density at radius 3 is 2.70 bits per heavy atom. The molecule has 6 nitrogen and oxygen atoms in total. The molecule has 0 atom stereocenters. The molecule has 3 N–H and O–H groups in total. The van der Waals surface area contributed by atoms with Gasteiger partial charge < -0.3 is 20.4 Å². The van der Waals surface area contributed by atoms with Crippen LogP contribution >= 0.6 is 0 Å². The highest BCUT2D eigenvalue weighted by Crippen LogP contribution is 2.26. The number of amides is 1. The smallest absolute Gasteiger partial charge is 0.259 e. The van der Waals surface area contributed by atoms with Crippen LogP contribution in [0.2, 0.25) is 0 Å². The normalized spacial score (nSPS) is 10.1. The first-order valence-corrected chi connectivity index (χ1v) is 5.93. The molecule has 1 heterocycles. The SMILES string of the molecule is COc1c(N)cccc1C(=O)Nc1ccc(=O)n(C)c1. The van der Waals surface area contributed by atoms with Crippen molar-refractivity contribution in [2.45, 2.75) is 0 Å². The summed E-state index contributed by atoms with van der Waals surface area (Å²) in [5.74, 6) is -0.0254. The van der Waals surface area contributed by atoms with Crippen molar-refractivity contribution in [1.29, 1.82) is 0 Å². The lowest BCUT2D eigenvalue weighted by molar-refractivity contribution is 0.102. The highest BCUT2D eigenvalue weighted by Gasteiger charge is 2.14. The van der Waals surface area contributed by atoms with E-state index in [0.29, 0.717) is 22.7 Å². The summed E-state index contributed by atoms with van der Waals surface area (Å²) < 4.78 is 6.52. The number of anilines is 2. The summed E-state index contributed by atoms with van der Waals surface area (Å²) in [6.07, 6.45) is 1.54. The predicted molar refractivity (Wildman–Crippen MR) is 77.0 cm³/mol. The average molecular weight is 273 g/mol. The van der Waals surface area contributed by atoms with Crippen molar-refractivity contribution < 1.29 is 9.53 Å². The van der Waals surface area contributed by atoms with Crippen LogP contribution in [-0.2, 0) is 7.05 Å². The number of methoxy groups -OCH3 is 1. The van der Waals surface area contributed by atoms with E-state index in [2.05, 4.69) is 5.32 Å². The highest BCUT2D eigenvalue weighted by molar-refractivity contribution is 6.07. The number of nitrogens with zero attached hydrogens (tertiary/aromatic N) is 1. The molecule has 0 bridgehead atoms. The van der Waals surface area contributed by atoms with Gasteiger partial charge in [0.2, 0.25) is 5.56 Å². The molecule has 2 aromatic rings. The van der Waals surface area contributed by atoms with Gasteiger partial charge >= 0.3 is 0 Å². The predicted octanol–water partition coefficient (Wildman–Crippen LogP) is 1.23. The number of aryl methyl sites for hydroxylation is 1. The second kappa shape index (κ2) is 5.48. The van der Waals surface area contributed by atoms with E-state index in [4.69, 9.17) is 10.5 Å². The minimum absolute atomic E-state index is 0.149. The number of hydrogen-bond donors (Lipinski definition) is 2. The Kier molecular flexibility index (Phi) is 3.74. The van der Waals surface area contributed by atoms with Crippen molar-refractivity contribution in [3.63, 3.8) is 0 Å². The minimum atomic E-state index is -0.354. The maximum absolute atomic E-state index is 12.2. The van der Waals surface area contributed by atoms with Gasteiger partial charge in [-0.15, -0.1) is 0 Å². The van der Waals surface area contributed by atoms with E-state index in [-0.39, 0.29) is 11.5 Å². The number of benzene rings is 1. The Morgan fingerprint density at radius 2 is 2.05 bits per heavy atom. The highest BCUT2D eigenvalue weighted by atomic mass is 16.5. The van der Waals surface area contributed by atoms with Gasteiger partial charge in [0, 0.05) is 19.3 Å². The monoisotopic (exact) mass is 273 g/mol. The molecule has 0 fully saturated rings. The van der Waals surface area contributed by atoms with E-state index in [9.17, 15) is 9.59 Å². The Labute approximate surface area is 115 Å². The van der Waals surface area contributed by atoms with Gasteiger partial charge in [-0.1, -0.05) is 6.07 Å². The number of carbonyl (C=O) groups is 1. The third-order valence-electron chi connectivity index (χ3n) is 2.84. The third-order valence-corrected chi connectivity index (χ3v) is 2.84. The maximum Gasteiger partial charge on any atom is 0.259 e. The van der Waals surface area contributed by atoms with Gasteiger partial charge in [-0.3, -0.25) is 9.59 Å². The molecular weight excluding hydrogens is 258 g/mol. The molecule has 0 aliphatic rings. The Morgan fingerprint density at radius 1 is 1.30 bits per heavy atom. The van der Waals surface area contributed by atoms with Crippen LogP contribution in [0.5, 0.6) is 5.75 Å². The van der Waals surface area contributed by atoms with Crippen molar-refractivity contribution >= 4 is 17.3 Å². The van der Waals surface area contributed by atoms with Gasteiger partial charge in [0.05, 0.1) is 24.0 Å². The van der Waals surface area contributed by atoms with Gasteiger partial charge in [0.1, 0.15) is 0 Å². The zero-order valence-electron chi connectivity index (χ0n) is 11.2. The molecule has 0 spiro atoms. The first-order chi connectivity index (χ1) is 9.52. The van der Waals surface area contributed by atoms with Crippen LogP contribution in [0.3, 0.4) is 0 Å². The van der Waals surface area contributed by atoms with Gasteiger partial charge in [0.25, 0.3) is 5.91 Å². The molecule has 0 saturated carbocycles. The molecule has 104 valence electrons. The van der Waals surface area contributed by atoms with Crippen LogP contribution in [0.15, 0.2) is 41.3 Å². The lowest BCUT2D eigenvalue weighted by Gasteiger charge is -2.11. The molecular formula is C14H15N3O3. The summed E-state index contributed by atoms with van der Waals surface area (Å²) in [5.41, 5.74) is 6.85. The number of ether oxygens (including phenoxy) is 1. The fourth-order valence-electron chi connectivity index (χ4n) is 1.83. The largest absolute Gasteiger partial charge is 0.494 e. The van der Waals surface area contributed by atoms with E-state index in [0.717, 1.165) is 0 Å². The summed E-state index contributed by atoms with van der Waals surface area (Å²) in [4.78, 5) is 23.5. The van der Waals surface area contributed by atoms with Crippen molar-refractivity contribution in [2.75, 3.05) is 18.2 Å². The maximum atomic E-state index is 12.2. The number of nitrogen functional groups attached to an aromatic ring is 1. The fraction of sp³-hybridized carbons (Fsp3) is 0.143. The van der Waals surface area contributed by atoms with E-state index < -0.39 is 0 Å². The summed E-state index contributed by atoms with van der Waals surface area (Å²) in [6, 6.07) is 7.87. The van der Waals surface area contributed by atoms with Crippen LogP contribution in [-0.4, -0.2) is 17.6 Å². The minimum Gasteiger partial charge on any atom is -0.494 e. The van der Waals surface area contributed by atoms with E-state index >= 15 is 0 Å². The zero-order valence-corrected chi connectivity index (χ0v) is 11.2. The Balaban J connectivity index is 2.30. The molecule has 1 aromatic carbocycles. The topological polar surface area (TPSA) is 86.3 Å². The number of rotatable bonds is 3. The van der Waals surface area contributed by atoms with E-state index in [1.807, 2.05) is 0 Å². The third kappa shape index (κ3) is 2.64. The average Bonchev–Trinajstić information content (AvgIpc) is 2.42. The lowest BCUT2D eigenvalue weighted by Crippen LogP contribution is -2.18. The quantitative estimate of drug-likeness (QED) is 0.823. The number of para-hydroxylation sites is 1. The van der Waals surface area contributed by atoms with Crippen LogP contribution in [0.25, 0.3) is 0 Å². The number of nitrogens with one attached hydrogen (secondary N) is 1. The van der Waals surface area contributed by atoms with Crippen LogP contribution in [0, 0.1) is 0 Å². The molecule has 20 heavy (non-hydrogen) atoms. The number of pyridine rings is 1. The standard InChI is InChI=1S/C14H15N3O3/c1-17-8-9(6-7-12(17)18)16-14(19)10-4-3-5-11(15)13(10)20-2/h3-8H,15H2,1-2H3,(H,16,19). The zero-order chi connectivity index (χ0) is 14.7. The van der Waals surface area contributed by atoms with Gasteiger partial charge in [-0.25, -0.2) is 0 Å². The van der Waals surface area contributed by atoms with E-state index in [1.54, 1.807) is 37.5 Å². The van der Waals surface area contributed by atoms with Crippen LogP contribution in [0.1, 0.15) is 10.4 Å². The summed E-state index contributed by atoms with van der Waals surface area (Å²) in [7, 11) is 3.06. The molecule has 1 aromatic heterocycles.